The van der Waals surface area contributed by atoms with Gasteiger partial charge in [-0.3, -0.25) is 9.59 Å². The zero-order valence-electron chi connectivity index (χ0n) is 16.6. The lowest BCUT2D eigenvalue weighted by atomic mass is 9.82. The van der Waals surface area contributed by atoms with E-state index in [1.165, 1.54) is 17.1 Å². The summed E-state index contributed by atoms with van der Waals surface area (Å²) in [5, 5.41) is 4.83. The van der Waals surface area contributed by atoms with Gasteiger partial charge in [-0.1, -0.05) is 19.4 Å². The van der Waals surface area contributed by atoms with Crippen LogP contribution in [0.1, 0.15) is 43.5 Å². The fraction of sp³-hybridized carbons (Fsp3) is 0.364. The van der Waals surface area contributed by atoms with Gasteiger partial charge in [-0.15, -0.1) is 0 Å². The molecule has 0 aliphatic carbocycles. The summed E-state index contributed by atoms with van der Waals surface area (Å²) in [6.45, 7) is 5.29. The monoisotopic (exact) mass is 408 g/mol. The standard InChI is InChI=1S/C22H24N4O2S/c1-22(2)13-17-11-16(14-23-20(17)24-21(22)28)3-4-19(27)26-8-5-15(6-9-26)12-18-7-10-29-25-18/h3-4,7,10-12,14H,5-6,8-9,13H2,1-2H3,(H,23,24,28)/b4-3+. The molecule has 0 aromatic carbocycles. The molecule has 2 aromatic heterocycles. The first-order valence-electron chi connectivity index (χ1n) is 9.78. The number of fused-ring (bicyclic) bond motifs is 1. The van der Waals surface area contributed by atoms with Crippen LogP contribution in [0.4, 0.5) is 5.82 Å². The smallest absolute Gasteiger partial charge is 0.246 e. The molecule has 0 bridgehead atoms. The van der Waals surface area contributed by atoms with Crippen LogP contribution in [-0.2, 0) is 16.0 Å². The Hall–Kier alpha value is -2.80. The average molecular weight is 409 g/mol. The summed E-state index contributed by atoms with van der Waals surface area (Å²) < 4.78 is 4.32. The predicted molar refractivity (Wildman–Crippen MR) is 115 cm³/mol. The van der Waals surface area contributed by atoms with E-state index in [0.29, 0.717) is 12.2 Å². The average Bonchev–Trinajstić information content (AvgIpc) is 3.20. The van der Waals surface area contributed by atoms with Crippen LogP contribution in [0.5, 0.6) is 0 Å². The van der Waals surface area contributed by atoms with Crippen molar-refractivity contribution in [2.24, 2.45) is 5.41 Å². The van der Waals surface area contributed by atoms with Crippen molar-refractivity contribution >= 4 is 41.3 Å². The predicted octanol–water partition coefficient (Wildman–Crippen LogP) is 3.78. The third kappa shape index (κ3) is 4.45. The molecule has 7 heteroatoms. The van der Waals surface area contributed by atoms with Gasteiger partial charge in [-0.05, 0) is 66.2 Å². The fourth-order valence-corrected chi connectivity index (χ4v) is 4.13. The summed E-state index contributed by atoms with van der Waals surface area (Å²) in [4.78, 5) is 30.8. The minimum absolute atomic E-state index is 0.00994. The number of hydrogen-bond acceptors (Lipinski definition) is 5. The highest BCUT2D eigenvalue weighted by molar-refractivity contribution is 7.03. The summed E-state index contributed by atoms with van der Waals surface area (Å²) in [6, 6.07) is 4.01. The van der Waals surface area contributed by atoms with E-state index in [0.717, 1.165) is 42.8 Å². The first-order valence-corrected chi connectivity index (χ1v) is 10.6. The van der Waals surface area contributed by atoms with Crippen LogP contribution in [0.15, 0.2) is 35.4 Å². The highest BCUT2D eigenvalue weighted by Gasteiger charge is 2.34. The number of likely N-dealkylation sites (tertiary alicyclic amines) is 1. The lowest BCUT2D eigenvalue weighted by Crippen LogP contribution is -2.37. The van der Waals surface area contributed by atoms with Crippen molar-refractivity contribution in [1.29, 1.82) is 0 Å². The van der Waals surface area contributed by atoms with Gasteiger partial charge in [0.1, 0.15) is 5.82 Å². The Morgan fingerprint density at radius 3 is 2.83 bits per heavy atom. The van der Waals surface area contributed by atoms with Crippen molar-refractivity contribution in [2.75, 3.05) is 18.4 Å². The van der Waals surface area contributed by atoms with Gasteiger partial charge < -0.3 is 10.2 Å². The van der Waals surface area contributed by atoms with Gasteiger partial charge in [0, 0.05) is 36.2 Å². The molecule has 0 saturated carbocycles. The molecule has 4 rings (SSSR count). The van der Waals surface area contributed by atoms with Crippen LogP contribution < -0.4 is 5.32 Å². The molecule has 0 radical (unpaired) electrons. The Morgan fingerprint density at radius 2 is 2.10 bits per heavy atom. The highest BCUT2D eigenvalue weighted by atomic mass is 32.1. The number of carbonyl (C=O) groups excluding carboxylic acids is 2. The van der Waals surface area contributed by atoms with Gasteiger partial charge in [0.05, 0.1) is 5.69 Å². The Labute approximate surface area is 174 Å². The number of aromatic nitrogens is 2. The van der Waals surface area contributed by atoms with E-state index < -0.39 is 5.41 Å². The summed E-state index contributed by atoms with van der Waals surface area (Å²) in [7, 11) is 0. The van der Waals surface area contributed by atoms with Crippen LogP contribution in [0.2, 0.25) is 0 Å². The molecule has 0 unspecified atom stereocenters. The van der Waals surface area contributed by atoms with Crippen molar-refractivity contribution in [3.8, 4) is 0 Å². The van der Waals surface area contributed by atoms with Crippen molar-refractivity contribution in [3.05, 3.63) is 52.2 Å². The molecule has 1 N–H and O–H groups in total. The topological polar surface area (TPSA) is 75.2 Å². The van der Waals surface area contributed by atoms with Crippen molar-refractivity contribution in [1.82, 2.24) is 14.3 Å². The van der Waals surface area contributed by atoms with Gasteiger partial charge in [0.2, 0.25) is 11.8 Å². The molecule has 2 aromatic rings. The van der Waals surface area contributed by atoms with E-state index in [1.54, 1.807) is 18.3 Å². The molecule has 6 nitrogen and oxygen atoms in total. The Morgan fingerprint density at radius 1 is 1.31 bits per heavy atom. The second kappa shape index (κ2) is 7.91. The molecule has 4 heterocycles. The summed E-state index contributed by atoms with van der Waals surface area (Å²) >= 11 is 1.45. The summed E-state index contributed by atoms with van der Waals surface area (Å²) in [5.74, 6) is 0.626. The molecule has 2 amide bonds. The van der Waals surface area contributed by atoms with Crippen LogP contribution in [0, 0.1) is 5.41 Å². The molecular weight excluding hydrogens is 384 g/mol. The van der Waals surface area contributed by atoms with E-state index in [9.17, 15) is 9.59 Å². The Kier molecular flexibility index (Phi) is 5.32. The normalized spacial score (nSPS) is 18.5. The second-order valence-electron chi connectivity index (χ2n) is 8.18. The van der Waals surface area contributed by atoms with Crippen molar-refractivity contribution in [2.45, 2.75) is 33.1 Å². The van der Waals surface area contributed by atoms with Crippen molar-refractivity contribution in [3.63, 3.8) is 0 Å². The van der Waals surface area contributed by atoms with E-state index >= 15 is 0 Å². The number of piperidine rings is 1. The van der Waals surface area contributed by atoms with E-state index in [1.807, 2.05) is 36.3 Å². The minimum atomic E-state index is -0.454. The Bertz CT molecular complexity index is 982. The maximum atomic E-state index is 12.6. The number of anilines is 1. The van der Waals surface area contributed by atoms with Crippen LogP contribution in [0.25, 0.3) is 12.2 Å². The molecule has 2 aliphatic rings. The maximum absolute atomic E-state index is 12.6. The van der Waals surface area contributed by atoms with Crippen LogP contribution in [0.3, 0.4) is 0 Å². The lowest BCUT2D eigenvalue weighted by Gasteiger charge is -2.29. The lowest BCUT2D eigenvalue weighted by molar-refractivity contribution is -0.126. The van der Waals surface area contributed by atoms with Crippen LogP contribution in [-0.4, -0.2) is 39.2 Å². The quantitative estimate of drug-likeness (QED) is 0.785. The largest absolute Gasteiger partial charge is 0.339 e. The highest BCUT2D eigenvalue weighted by Crippen LogP contribution is 2.32. The zero-order valence-corrected chi connectivity index (χ0v) is 17.5. The number of pyridine rings is 1. The molecule has 0 atom stereocenters. The zero-order chi connectivity index (χ0) is 20.4. The summed E-state index contributed by atoms with van der Waals surface area (Å²) in [5.41, 5.74) is 3.75. The van der Waals surface area contributed by atoms with Gasteiger partial charge in [-0.25, -0.2) is 4.98 Å². The van der Waals surface area contributed by atoms with Gasteiger partial charge in [0.25, 0.3) is 0 Å². The molecule has 1 fully saturated rings. The molecule has 1 saturated heterocycles. The Balaban J connectivity index is 1.37. The third-order valence-corrected chi connectivity index (χ3v) is 5.99. The minimum Gasteiger partial charge on any atom is -0.339 e. The SMILES string of the molecule is CC1(C)Cc2cc(/C=C/C(=O)N3CCC(=Cc4ccsn4)CC3)cnc2NC1=O. The summed E-state index contributed by atoms with van der Waals surface area (Å²) in [6.07, 6.45) is 9.64. The number of rotatable bonds is 3. The van der Waals surface area contributed by atoms with Gasteiger partial charge in [-0.2, -0.15) is 4.37 Å². The fourth-order valence-electron chi connectivity index (χ4n) is 3.64. The molecule has 0 spiro atoms. The third-order valence-electron chi connectivity index (χ3n) is 5.41. The molecular formula is C22H24N4O2S. The number of carbonyl (C=O) groups is 2. The van der Waals surface area contributed by atoms with Crippen LogP contribution >= 0.6 is 11.5 Å². The van der Waals surface area contributed by atoms with E-state index in [-0.39, 0.29) is 11.8 Å². The first-order chi connectivity index (χ1) is 13.9. The second-order valence-corrected chi connectivity index (χ2v) is 8.84. The number of hydrogen-bond donors (Lipinski definition) is 1. The number of nitrogens with zero attached hydrogens (tertiary/aromatic N) is 3. The maximum Gasteiger partial charge on any atom is 0.246 e. The molecule has 29 heavy (non-hydrogen) atoms. The first kappa shape index (κ1) is 19.5. The van der Waals surface area contributed by atoms with Crippen molar-refractivity contribution < 1.29 is 9.59 Å². The van der Waals surface area contributed by atoms with E-state index in [4.69, 9.17) is 0 Å². The van der Waals surface area contributed by atoms with Gasteiger partial charge in [0.15, 0.2) is 0 Å². The molecule has 150 valence electrons. The van der Waals surface area contributed by atoms with Gasteiger partial charge >= 0.3 is 0 Å². The van der Waals surface area contributed by atoms with E-state index in [2.05, 4.69) is 20.8 Å². The number of amides is 2. The number of nitrogens with one attached hydrogen (secondary N) is 1. The molecule has 2 aliphatic heterocycles.